The number of carbonyl (C=O) groups excluding carboxylic acids is 1. The summed E-state index contributed by atoms with van der Waals surface area (Å²) in [4.78, 5) is 13.9. The highest BCUT2D eigenvalue weighted by atomic mass is 16.2. The summed E-state index contributed by atoms with van der Waals surface area (Å²) < 4.78 is 0. The highest BCUT2D eigenvalue weighted by molar-refractivity contribution is 5.87. The van der Waals surface area contributed by atoms with E-state index in [9.17, 15) is 4.79 Å². The number of urea groups is 1. The van der Waals surface area contributed by atoms with E-state index < -0.39 is 0 Å². The van der Waals surface area contributed by atoms with Crippen LogP contribution < -0.4 is 11.1 Å². The Morgan fingerprint density at radius 2 is 2.18 bits per heavy atom. The molecule has 2 amide bonds. The zero-order chi connectivity index (χ0) is 13.0. The van der Waals surface area contributed by atoms with E-state index in [1.807, 2.05) is 18.7 Å². The number of carbonyl (C=O) groups is 1. The van der Waals surface area contributed by atoms with E-state index in [0.717, 1.165) is 19.5 Å². The van der Waals surface area contributed by atoms with Crippen molar-refractivity contribution >= 4 is 11.9 Å². The average molecular weight is 240 g/mol. The van der Waals surface area contributed by atoms with Crippen LogP contribution in [0.1, 0.15) is 33.6 Å². The first-order chi connectivity index (χ1) is 7.91. The molecule has 0 aromatic rings. The fourth-order valence-corrected chi connectivity index (χ4v) is 2.20. The molecule has 1 saturated heterocycles. The maximum atomic E-state index is 12.0. The highest BCUT2D eigenvalue weighted by Gasteiger charge is 2.25. The van der Waals surface area contributed by atoms with Crippen molar-refractivity contribution in [3.05, 3.63) is 0 Å². The van der Waals surface area contributed by atoms with Gasteiger partial charge in [0.05, 0.1) is 6.04 Å². The first-order valence-corrected chi connectivity index (χ1v) is 6.31. The molecule has 2 unspecified atom stereocenters. The Hall–Kier alpha value is -1.26. The van der Waals surface area contributed by atoms with Gasteiger partial charge in [-0.25, -0.2) is 4.79 Å². The topological polar surface area (TPSA) is 82.2 Å². The van der Waals surface area contributed by atoms with Gasteiger partial charge in [-0.2, -0.15) is 0 Å². The lowest BCUT2D eigenvalue weighted by Crippen LogP contribution is -2.53. The molecule has 0 bridgehead atoms. The molecule has 1 rings (SSSR count). The van der Waals surface area contributed by atoms with Gasteiger partial charge in [0.25, 0.3) is 0 Å². The first kappa shape index (κ1) is 13.8. The van der Waals surface area contributed by atoms with Crippen LogP contribution in [0.15, 0.2) is 0 Å². The monoisotopic (exact) mass is 240 g/mol. The van der Waals surface area contributed by atoms with Crippen molar-refractivity contribution in [2.24, 2.45) is 17.6 Å². The largest absolute Gasteiger partial charge is 0.386 e. The molecule has 5 heteroatoms. The average Bonchev–Trinajstić information content (AvgIpc) is 2.24. The lowest BCUT2D eigenvalue weighted by molar-refractivity contribution is 0.166. The number of amidine groups is 1. The summed E-state index contributed by atoms with van der Waals surface area (Å²) in [6.45, 7) is 7.66. The van der Waals surface area contributed by atoms with Crippen molar-refractivity contribution in [3.8, 4) is 0 Å². The number of nitrogens with zero attached hydrogens (tertiary/aromatic N) is 1. The first-order valence-electron chi connectivity index (χ1n) is 6.31. The van der Waals surface area contributed by atoms with Crippen LogP contribution >= 0.6 is 0 Å². The van der Waals surface area contributed by atoms with E-state index in [4.69, 9.17) is 11.1 Å². The summed E-state index contributed by atoms with van der Waals surface area (Å²) in [5.41, 5.74) is 5.49. The zero-order valence-electron chi connectivity index (χ0n) is 11.0. The summed E-state index contributed by atoms with van der Waals surface area (Å²) in [5, 5.41) is 10.3. The van der Waals surface area contributed by atoms with E-state index in [1.54, 1.807) is 0 Å². The molecule has 4 N–H and O–H groups in total. The van der Waals surface area contributed by atoms with Crippen molar-refractivity contribution in [3.63, 3.8) is 0 Å². The lowest BCUT2D eigenvalue weighted by atomic mass is 10.0. The second-order valence-electron chi connectivity index (χ2n) is 5.32. The van der Waals surface area contributed by atoms with Crippen molar-refractivity contribution in [2.75, 3.05) is 13.1 Å². The number of hydrogen-bond donors (Lipinski definition) is 3. The third-order valence-electron chi connectivity index (χ3n) is 3.22. The number of amides is 2. The van der Waals surface area contributed by atoms with Crippen LogP contribution in [0.25, 0.3) is 0 Å². The minimum Gasteiger partial charge on any atom is -0.386 e. The van der Waals surface area contributed by atoms with Crippen LogP contribution in [0.2, 0.25) is 0 Å². The van der Waals surface area contributed by atoms with Gasteiger partial charge in [0.2, 0.25) is 0 Å². The van der Waals surface area contributed by atoms with E-state index in [0.29, 0.717) is 5.92 Å². The lowest BCUT2D eigenvalue weighted by Gasteiger charge is -2.33. The Balaban J connectivity index is 2.54. The summed E-state index contributed by atoms with van der Waals surface area (Å²) in [5.74, 6) is 0.724. The van der Waals surface area contributed by atoms with Gasteiger partial charge in [-0.1, -0.05) is 20.8 Å². The van der Waals surface area contributed by atoms with Gasteiger partial charge in [-0.3, -0.25) is 5.41 Å². The Morgan fingerprint density at radius 3 is 2.65 bits per heavy atom. The van der Waals surface area contributed by atoms with Crippen molar-refractivity contribution in [1.82, 2.24) is 10.2 Å². The molecule has 1 heterocycles. The Kier molecular flexibility index (Phi) is 4.78. The van der Waals surface area contributed by atoms with Gasteiger partial charge in [0, 0.05) is 13.1 Å². The minimum atomic E-state index is -0.361. The number of hydrogen-bond acceptors (Lipinski definition) is 2. The number of rotatable bonds is 3. The smallest absolute Gasteiger partial charge is 0.318 e. The van der Waals surface area contributed by atoms with Crippen molar-refractivity contribution < 1.29 is 4.79 Å². The van der Waals surface area contributed by atoms with Crippen LogP contribution in [0.5, 0.6) is 0 Å². The Morgan fingerprint density at radius 1 is 1.53 bits per heavy atom. The van der Waals surface area contributed by atoms with Gasteiger partial charge in [0.15, 0.2) is 0 Å². The van der Waals surface area contributed by atoms with Crippen molar-refractivity contribution in [2.45, 2.75) is 39.7 Å². The molecule has 98 valence electrons. The summed E-state index contributed by atoms with van der Waals surface area (Å²) in [6, 6.07) is -0.454. The molecule has 2 atom stereocenters. The number of nitrogens with one attached hydrogen (secondary N) is 2. The molecule has 1 fully saturated rings. The van der Waals surface area contributed by atoms with Gasteiger partial charge in [0.1, 0.15) is 5.84 Å². The molecular weight excluding hydrogens is 216 g/mol. The maximum Gasteiger partial charge on any atom is 0.318 e. The minimum absolute atomic E-state index is 0.0263. The molecule has 1 aliphatic rings. The maximum absolute atomic E-state index is 12.0. The molecule has 1 aliphatic heterocycles. The Bertz CT molecular complexity index is 290. The molecule has 0 aromatic carbocycles. The highest BCUT2D eigenvalue weighted by Crippen LogP contribution is 2.15. The van der Waals surface area contributed by atoms with E-state index in [-0.39, 0.29) is 23.8 Å². The number of likely N-dealkylation sites (tertiary alicyclic amines) is 1. The quantitative estimate of drug-likeness (QED) is 0.514. The Labute approximate surface area is 103 Å². The van der Waals surface area contributed by atoms with Crippen molar-refractivity contribution in [1.29, 1.82) is 5.41 Å². The fraction of sp³-hybridized carbons (Fsp3) is 0.833. The number of nitrogens with two attached hydrogens (primary N) is 1. The van der Waals surface area contributed by atoms with Crippen LogP contribution in [0.4, 0.5) is 4.79 Å². The predicted molar refractivity (Wildman–Crippen MR) is 69.0 cm³/mol. The summed E-state index contributed by atoms with van der Waals surface area (Å²) in [6.07, 6.45) is 2.24. The molecule has 0 spiro atoms. The van der Waals surface area contributed by atoms with Gasteiger partial charge in [-0.15, -0.1) is 0 Å². The third kappa shape index (κ3) is 3.91. The summed E-state index contributed by atoms with van der Waals surface area (Å²) >= 11 is 0. The molecule has 17 heavy (non-hydrogen) atoms. The molecule has 5 nitrogen and oxygen atoms in total. The standard InChI is InChI=1S/C12H24N4O/c1-8(2)10(11(13)14)15-12(17)16-6-4-5-9(3)7-16/h8-10H,4-7H2,1-3H3,(H3,13,14)(H,15,17). The van der Waals surface area contributed by atoms with E-state index in [2.05, 4.69) is 12.2 Å². The van der Waals surface area contributed by atoms with Gasteiger partial charge < -0.3 is 16.0 Å². The van der Waals surface area contributed by atoms with Gasteiger partial charge in [-0.05, 0) is 24.7 Å². The molecule has 0 aromatic heterocycles. The van der Waals surface area contributed by atoms with Crippen LogP contribution in [-0.2, 0) is 0 Å². The predicted octanol–water partition coefficient (Wildman–Crippen LogP) is 1.39. The van der Waals surface area contributed by atoms with Crippen LogP contribution in [-0.4, -0.2) is 35.9 Å². The van der Waals surface area contributed by atoms with E-state index >= 15 is 0 Å². The second kappa shape index (κ2) is 5.89. The molecular formula is C12H24N4O. The molecule has 0 aliphatic carbocycles. The van der Waals surface area contributed by atoms with Crippen LogP contribution in [0.3, 0.4) is 0 Å². The van der Waals surface area contributed by atoms with Gasteiger partial charge >= 0.3 is 6.03 Å². The second-order valence-corrected chi connectivity index (χ2v) is 5.32. The third-order valence-corrected chi connectivity index (χ3v) is 3.22. The SMILES string of the molecule is CC1CCCN(C(=O)NC(C(=N)N)C(C)C)C1. The number of piperidine rings is 1. The normalized spacial score (nSPS) is 22.4. The zero-order valence-corrected chi connectivity index (χ0v) is 11.0. The fourth-order valence-electron chi connectivity index (χ4n) is 2.20. The van der Waals surface area contributed by atoms with E-state index in [1.165, 1.54) is 6.42 Å². The molecule has 0 saturated carbocycles. The van der Waals surface area contributed by atoms with Crippen LogP contribution in [0, 0.1) is 17.2 Å². The summed E-state index contributed by atoms with van der Waals surface area (Å²) in [7, 11) is 0. The molecule has 0 radical (unpaired) electrons.